The van der Waals surface area contributed by atoms with Crippen LogP contribution in [0, 0.1) is 0 Å². The Kier molecular flexibility index (Phi) is 5.75. The molecule has 0 aliphatic heterocycles. The van der Waals surface area contributed by atoms with Crippen LogP contribution in [0.4, 0.5) is 11.4 Å². The summed E-state index contributed by atoms with van der Waals surface area (Å²) in [7, 11) is 1.80. The molecule has 0 aliphatic rings. The molecule has 1 amide bonds. The molecule has 0 unspecified atom stereocenters. The molecule has 3 rings (SSSR count). The highest BCUT2D eigenvalue weighted by Gasteiger charge is 2.11. The summed E-state index contributed by atoms with van der Waals surface area (Å²) >= 11 is 1.68. The smallest absolute Gasteiger partial charge is 0.246 e. The molecular formula is C21H20N2OS. The van der Waals surface area contributed by atoms with Crippen LogP contribution in [-0.2, 0) is 4.79 Å². The Balaban J connectivity index is 1.66. The number of amides is 1. The molecule has 0 atom stereocenters. The van der Waals surface area contributed by atoms with Gasteiger partial charge in [0.1, 0.15) is 0 Å². The van der Waals surface area contributed by atoms with E-state index in [1.807, 2.05) is 66.7 Å². The summed E-state index contributed by atoms with van der Waals surface area (Å²) in [5.41, 5.74) is 1.85. The minimum atomic E-state index is 0.0192. The third-order valence-corrected chi connectivity index (χ3v) is 4.89. The lowest BCUT2D eigenvalue weighted by Gasteiger charge is -2.18. The number of carbonyl (C=O) groups excluding carboxylic acids is 1. The van der Waals surface area contributed by atoms with Crippen LogP contribution in [0.2, 0.25) is 0 Å². The van der Waals surface area contributed by atoms with Gasteiger partial charge in [0.15, 0.2) is 0 Å². The Morgan fingerprint density at radius 1 is 0.880 bits per heavy atom. The minimum Gasteiger partial charge on any atom is -0.375 e. The second-order valence-corrected chi connectivity index (χ2v) is 6.67. The molecule has 126 valence electrons. The van der Waals surface area contributed by atoms with Gasteiger partial charge in [0.05, 0.1) is 6.54 Å². The first-order valence-corrected chi connectivity index (χ1v) is 8.93. The zero-order valence-corrected chi connectivity index (χ0v) is 14.9. The largest absolute Gasteiger partial charge is 0.375 e. The maximum absolute atomic E-state index is 12.4. The molecule has 25 heavy (non-hydrogen) atoms. The highest BCUT2D eigenvalue weighted by atomic mass is 32.2. The van der Waals surface area contributed by atoms with Crippen molar-refractivity contribution in [3.05, 3.63) is 84.9 Å². The van der Waals surface area contributed by atoms with Crippen molar-refractivity contribution in [1.82, 2.24) is 0 Å². The Labute approximate surface area is 152 Å². The van der Waals surface area contributed by atoms with Gasteiger partial charge in [-0.1, -0.05) is 60.3 Å². The first-order chi connectivity index (χ1) is 12.2. The molecule has 3 aromatic rings. The van der Waals surface area contributed by atoms with E-state index in [2.05, 4.69) is 23.5 Å². The number of nitrogens with zero attached hydrogens (tertiary/aromatic N) is 1. The predicted octanol–water partition coefficient (Wildman–Crippen LogP) is 4.91. The third kappa shape index (κ3) is 4.64. The van der Waals surface area contributed by atoms with Crippen LogP contribution in [0.15, 0.2) is 94.7 Å². The normalized spacial score (nSPS) is 10.3. The average Bonchev–Trinajstić information content (AvgIpc) is 2.68. The van der Waals surface area contributed by atoms with Gasteiger partial charge in [-0.25, -0.2) is 0 Å². The molecule has 0 saturated heterocycles. The monoisotopic (exact) mass is 348 g/mol. The Hall–Kier alpha value is -2.72. The van der Waals surface area contributed by atoms with Crippen LogP contribution in [-0.4, -0.2) is 19.5 Å². The molecule has 3 aromatic carbocycles. The van der Waals surface area contributed by atoms with E-state index < -0.39 is 0 Å². The fourth-order valence-electron chi connectivity index (χ4n) is 2.40. The van der Waals surface area contributed by atoms with E-state index >= 15 is 0 Å². The van der Waals surface area contributed by atoms with Gasteiger partial charge in [0.2, 0.25) is 5.91 Å². The fraction of sp³-hybridized carbons (Fsp3) is 0.0952. The number of carbonyl (C=O) groups is 1. The molecule has 0 aromatic heterocycles. The van der Waals surface area contributed by atoms with Gasteiger partial charge in [-0.05, 0) is 36.4 Å². The number of hydrogen-bond acceptors (Lipinski definition) is 3. The maximum atomic E-state index is 12.4. The van der Waals surface area contributed by atoms with Crippen molar-refractivity contribution in [2.45, 2.75) is 9.79 Å². The zero-order chi connectivity index (χ0) is 17.5. The molecule has 0 bridgehead atoms. The SMILES string of the molecule is CN(C(=O)CNc1ccccc1Sc1ccccc1)c1ccccc1. The van der Waals surface area contributed by atoms with Crippen molar-refractivity contribution in [2.24, 2.45) is 0 Å². The van der Waals surface area contributed by atoms with E-state index in [9.17, 15) is 4.79 Å². The summed E-state index contributed by atoms with van der Waals surface area (Å²) in [6.45, 7) is 0.248. The van der Waals surface area contributed by atoms with Crippen molar-refractivity contribution >= 4 is 29.0 Å². The number of rotatable bonds is 6. The summed E-state index contributed by atoms with van der Waals surface area (Å²) in [6.07, 6.45) is 0. The van der Waals surface area contributed by atoms with E-state index in [4.69, 9.17) is 0 Å². The molecule has 1 N–H and O–H groups in total. The molecule has 0 spiro atoms. The zero-order valence-electron chi connectivity index (χ0n) is 14.1. The van der Waals surface area contributed by atoms with Gasteiger partial charge in [-0.2, -0.15) is 0 Å². The summed E-state index contributed by atoms with van der Waals surface area (Å²) in [5, 5.41) is 3.27. The van der Waals surface area contributed by atoms with E-state index in [0.717, 1.165) is 16.3 Å². The standard InChI is InChI=1S/C21H20N2OS/c1-23(17-10-4-2-5-11-17)21(24)16-22-19-14-8-9-15-20(19)25-18-12-6-3-7-13-18/h2-15,22H,16H2,1H3. The van der Waals surface area contributed by atoms with Gasteiger partial charge in [-0.3, -0.25) is 4.79 Å². The van der Waals surface area contributed by atoms with E-state index in [1.165, 1.54) is 4.90 Å². The van der Waals surface area contributed by atoms with Gasteiger partial charge in [0, 0.05) is 28.2 Å². The summed E-state index contributed by atoms with van der Waals surface area (Å²) in [4.78, 5) is 16.4. The van der Waals surface area contributed by atoms with Crippen LogP contribution in [0.5, 0.6) is 0 Å². The van der Waals surface area contributed by atoms with Crippen LogP contribution in [0.1, 0.15) is 0 Å². The lowest BCUT2D eigenvalue weighted by atomic mass is 10.3. The van der Waals surface area contributed by atoms with Crippen molar-refractivity contribution in [2.75, 3.05) is 23.8 Å². The highest BCUT2D eigenvalue weighted by molar-refractivity contribution is 7.99. The number of anilines is 2. The van der Waals surface area contributed by atoms with E-state index in [1.54, 1.807) is 23.7 Å². The molecule has 4 heteroatoms. The number of benzene rings is 3. The first kappa shape index (κ1) is 17.1. The maximum Gasteiger partial charge on any atom is 0.246 e. The van der Waals surface area contributed by atoms with Gasteiger partial charge < -0.3 is 10.2 Å². The van der Waals surface area contributed by atoms with Crippen LogP contribution in [0.3, 0.4) is 0 Å². The quantitative estimate of drug-likeness (QED) is 0.687. The Bertz CT molecular complexity index is 822. The molecule has 0 fully saturated rings. The number of para-hydroxylation sites is 2. The van der Waals surface area contributed by atoms with Crippen LogP contribution < -0.4 is 10.2 Å². The van der Waals surface area contributed by atoms with Crippen LogP contribution >= 0.6 is 11.8 Å². The van der Waals surface area contributed by atoms with Crippen molar-refractivity contribution in [3.8, 4) is 0 Å². The van der Waals surface area contributed by atoms with Crippen molar-refractivity contribution < 1.29 is 4.79 Å². The summed E-state index contributed by atoms with van der Waals surface area (Å²) < 4.78 is 0. The fourth-order valence-corrected chi connectivity index (χ4v) is 3.35. The van der Waals surface area contributed by atoms with E-state index in [-0.39, 0.29) is 12.5 Å². The van der Waals surface area contributed by atoms with Crippen LogP contribution in [0.25, 0.3) is 0 Å². The number of likely N-dealkylation sites (N-methyl/N-ethyl adjacent to an activating group) is 1. The van der Waals surface area contributed by atoms with Crippen molar-refractivity contribution in [3.63, 3.8) is 0 Å². The Morgan fingerprint density at radius 3 is 2.20 bits per heavy atom. The summed E-state index contributed by atoms with van der Waals surface area (Å²) in [5.74, 6) is 0.0192. The lowest BCUT2D eigenvalue weighted by Crippen LogP contribution is -2.32. The molecule has 0 saturated carbocycles. The second kappa shape index (κ2) is 8.40. The van der Waals surface area contributed by atoms with Crippen molar-refractivity contribution in [1.29, 1.82) is 0 Å². The molecule has 0 heterocycles. The highest BCUT2D eigenvalue weighted by Crippen LogP contribution is 2.33. The number of nitrogens with one attached hydrogen (secondary N) is 1. The van der Waals surface area contributed by atoms with E-state index in [0.29, 0.717) is 0 Å². The lowest BCUT2D eigenvalue weighted by molar-refractivity contribution is -0.116. The van der Waals surface area contributed by atoms with Gasteiger partial charge >= 0.3 is 0 Å². The molecule has 0 aliphatic carbocycles. The molecular weight excluding hydrogens is 328 g/mol. The molecule has 3 nitrogen and oxygen atoms in total. The Morgan fingerprint density at radius 2 is 1.48 bits per heavy atom. The van der Waals surface area contributed by atoms with Gasteiger partial charge in [-0.15, -0.1) is 0 Å². The predicted molar refractivity (Wildman–Crippen MR) is 105 cm³/mol. The topological polar surface area (TPSA) is 32.3 Å². The minimum absolute atomic E-state index is 0.0192. The number of hydrogen-bond donors (Lipinski definition) is 1. The third-order valence-electron chi connectivity index (χ3n) is 3.81. The average molecular weight is 348 g/mol. The summed E-state index contributed by atoms with van der Waals surface area (Å²) in [6, 6.07) is 27.9. The van der Waals surface area contributed by atoms with Gasteiger partial charge in [0.25, 0.3) is 0 Å². The second-order valence-electron chi connectivity index (χ2n) is 5.55. The molecule has 0 radical (unpaired) electrons. The first-order valence-electron chi connectivity index (χ1n) is 8.11.